The Morgan fingerprint density at radius 2 is 2.10 bits per heavy atom. The molecule has 3 aromatic rings. The van der Waals surface area contributed by atoms with Crippen LogP contribution in [0, 0.1) is 6.92 Å². The van der Waals surface area contributed by atoms with E-state index in [1.165, 1.54) is 0 Å². The van der Waals surface area contributed by atoms with Gasteiger partial charge in [0.05, 0.1) is 28.9 Å². The molecule has 1 fully saturated rings. The minimum Gasteiger partial charge on any atom is -0.376 e. The van der Waals surface area contributed by atoms with Gasteiger partial charge in [-0.1, -0.05) is 41.9 Å². The molecule has 156 valence electrons. The van der Waals surface area contributed by atoms with Crippen molar-refractivity contribution >= 4 is 34.2 Å². The lowest BCUT2D eigenvalue weighted by atomic mass is 10.1. The molecule has 1 aromatic heterocycles. The maximum Gasteiger partial charge on any atom is 0.322 e. The molecule has 0 radical (unpaired) electrons. The first kappa shape index (κ1) is 20.4. The highest BCUT2D eigenvalue weighted by Gasteiger charge is 2.24. The zero-order chi connectivity index (χ0) is 21.1. The Morgan fingerprint density at radius 1 is 1.27 bits per heavy atom. The van der Waals surface area contributed by atoms with Crippen molar-refractivity contribution < 1.29 is 9.53 Å². The first-order valence-electron chi connectivity index (χ1n) is 10.0. The van der Waals surface area contributed by atoms with Crippen LogP contribution in [0.25, 0.3) is 10.9 Å². The third kappa shape index (κ3) is 4.50. The number of fused-ring (bicyclic) bond motifs is 1. The number of rotatable bonds is 5. The Bertz CT molecular complexity index is 1120. The van der Waals surface area contributed by atoms with E-state index >= 15 is 0 Å². The summed E-state index contributed by atoms with van der Waals surface area (Å²) in [4.78, 5) is 30.4. The molecule has 30 heavy (non-hydrogen) atoms. The van der Waals surface area contributed by atoms with Crippen molar-refractivity contribution in [3.63, 3.8) is 0 Å². The number of nitrogens with one attached hydrogen (secondary N) is 2. The summed E-state index contributed by atoms with van der Waals surface area (Å²) in [6, 6.07) is 14.5. The molecule has 0 spiro atoms. The summed E-state index contributed by atoms with van der Waals surface area (Å²) in [5.74, 6) is 0. The van der Waals surface area contributed by atoms with E-state index in [2.05, 4.69) is 10.3 Å². The number of aryl methyl sites for hydroxylation is 1. The fourth-order valence-electron chi connectivity index (χ4n) is 3.76. The molecular weight excluding hydrogens is 402 g/mol. The van der Waals surface area contributed by atoms with Gasteiger partial charge in [0.2, 0.25) is 0 Å². The summed E-state index contributed by atoms with van der Waals surface area (Å²) in [5, 5.41) is 4.26. The number of amides is 2. The van der Waals surface area contributed by atoms with E-state index in [1.807, 2.05) is 37.3 Å². The lowest BCUT2D eigenvalue weighted by Crippen LogP contribution is -2.40. The molecule has 6 nitrogen and oxygen atoms in total. The molecule has 2 amide bonds. The van der Waals surface area contributed by atoms with E-state index in [-0.39, 0.29) is 24.2 Å². The molecule has 7 heteroatoms. The lowest BCUT2D eigenvalue weighted by molar-refractivity contribution is 0.0818. The maximum absolute atomic E-state index is 13.1. The Labute approximate surface area is 179 Å². The summed E-state index contributed by atoms with van der Waals surface area (Å²) in [5.41, 5.74) is 2.69. The van der Waals surface area contributed by atoms with Crippen LogP contribution in [0.5, 0.6) is 0 Å². The number of carbonyl (C=O) groups excluding carboxylic acids is 1. The van der Waals surface area contributed by atoms with Gasteiger partial charge in [0.25, 0.3) is 5.56 Å². The van der Waals surface area contributed by atoms with Crippen LogP contribution in [0.3, 0.4) is 0 Å². The largest absolute Gasteiger partial charge is 0.376 e. The minimum atomic E-state index is -0.317. The van der Waals surface area contributed by atoms with Crippen LogP contribution < -0.4 is 10.9 Å². The van der Waals surface area contributed by atoms with E-state index in [0.717, 1.165) is 29.3 Å². The van der Waals surface area contributed by atoms with Gasteiger partial charge in [-0.25, -0.2) is 4.79 Å². The van der Waals surface area contributed by atoms with Crippen LogP contribution in [0.2, 0.25) is 5.02 Å². The lowest BCUT2D eigenvalue weighted by Gasteiger charge is -2.26. The fourth-order valence-corrected chi connectivity index (χ4v) is 3.94. The van der Waals surface area contributed by atoms with E-state index in [4.69, 9.17) is 16.3 Å². The first-order chi connectivity index (χ1) is 14.5. The van der Waals surface area contributed by atoms with Gasteiger partial charge in [-0.05, 0) is 48.9 Å². The highest BCUT2D eigenvalue weighted by molar-refractivity contribution is 6.33. The summed E-state index contributed by atoms with van der Waals surface area (Å²) in [6.07, 6.45) is 1.83. The molecule has 2 N–H and O–H groups in total. The molecular formula is C23H24ClN3O3. The number of hydrogen-bond donors (Lipinski definition) is 2. The van der Waals surface area contributed by atoms with Gasteiger partial charge in [0, 0.05) is 18.7 Å². The number of H-pyrrole nitrogens is 1. The topological polar surface area (TPSA) is 74.4 Å². The Morgan fingerprint density at radius 3 is 2.87 bits per heavy atom. The molecule has 0 aliphatic carbocycles. The van der Waals surface area contributed by atoms with E-state index in [9.17, 15) is 9.59 Å². The molecule has 2 heterocycles. The number of aromatic amines is 1. The van der Waals surface area contributed by atoms with Crippen LogP contribution in [-0.2, 0) is 11.3 Å². The third-order valence-electron chi connectivity index (χ3n) is 5.38. The average molecular weight is 426 g/mol. The van der Waals surface area contributed by atoms with Gasteiger partial charge in [0.1, 0.15) is 0 Å². The van der Waals surface area contributed by atoms with Crippen molar-refractivity contribution in [2.24, 2.45) is 0 Å². The predicted molar refractivity (Wildman–Crippen MR) is 119 cm³/mol. The summed E-state index contributed by atoms with van der Waals surface area (Å²) >= 11 is 6.20. The SMILES string of the molecule is Cc1cccc2cc(CN(C[C@H]3CCCO3)C(=O)Nc3ccccc3Cl)c(=O)[nH]c12. The fraction of sp³-hybridized carbons (Fsp3) is 0.304. The number of benzene rings is 2. The Hall–Kier alpha value is -2.83. The number of halogens is 1. The number of aromatic nitrogens is 1. The van der Waals surface area contributed by atoms with E-state index in [1.54, 1.807) is 23.1 Å². The van der Waals surface area contributed by atoms with Crippen molar-refractivity contribution in [1.82, 2.24) is 9.88 Å². The second kappa shape index (κ2) is 8.90. The van der Waals surface area contributed by atoms with Crippen molar-refractivity contribution in [2.45, 2.75) is 32.4 Å². The molecule has 1 aliphatic heterocycles. The van der Waals surface area contributed by atoms with Crippen LogP contribution in [-0.4, -0.2) is 35.2 Å². The predicted octanol–water partition coefficient (Wildman–Crippen LogP) is 4.70. The van der Waals surface area contributed by atoms with E-state index < -0.39 is 0 Å². The highest BCUT2D eigenvalue weighted by atomic mass is 35.5. The summed E-state index contributed by atoms with van der Waals surface area (Å²) in [7, 11) is 0. The zero-order valence-corrected chi connectivity index (χ0v) is 17.5. The van der Waals surface area contributed by atoms with Crippen LogP contribution in [0.15, 0.2) is 53.3 Å². The second-order valence-corrected chi connectivity index (χ2v) is 8.00. The molecule has 0 saturated carbocycles. The minimum absolute atomic E-state index is 0.0382. The molecule has 0 bridgehead atoms. The maximum atomic E-state index is 13.1. The van der Waals surface area contributed by atoms with Gasteiger partial charge >= 0.3 is 6.03 Å². The number of para-hydroxylation sites is 2. The van der Waals surface area contributed by atoms with Gasteiger partial charge in [-0.15, -0.1) is 0 Å². The summed E-state index contributed by atoms with van der Waals surface area (Å²) < 4.78 is 5.73. The monoisotopic (exact) mass is 425 g/mol. The van der Waals surface area contributed by atoms with E-state index in [0.29, 0.717) is 29.4 Å². The van der Waals surface area contributed by atoms with Gasteiger partial charge in [-0.2, -0.15) is 0 Å². The first-order valence-corrected chi connectivity index (χ1v) is 10.4. The van der Waals surface area contributed by atoms with Crippen molar-refractivity contribution in [1.29, 1.82) is 0 Å². The molecule has 0 unspecified atom stereocenters. The number of pyridine rings is 1. The molecule has 1 saturated heterocycles. The molecule has 1 aliphatic rings. The van der Waals surface area contributed by atoms with Crippen LogP contribution in [0.4, 0.5) is 10.5 Å². The van der Waals surface area contributed by atoms with Gasteiger partial charge < -0.3 is 19.9 Å². The molecule has 4 rings (SSSR count). The summed E-state index contributed by atoms with van der Waals surface area (Å²) in [6.45, 7) is 3.23. The van der Waals surface area contributed by atoms with Gasteiger partial charge in [0.15, 0.2) is 0 Å². The normalized spacial score (nSPS) is 16.0. The second-order valence-electron chi connectivity index (χ2n) is 7.59. The van der Waals surface area contributed by atoms with Crippen LogP contribution >= 0.6 is 11.6 Å². The number of anilines is 1. The van der Waals surface area contributed by atoms with Crippen LogP contribution in [0.1, 0.15) is 24.0 Å². The third-order valence-corrected chi connectivity index (χ3v) is 5.71. The molecule has 1 atom stereocenters. The van der Waals surface area contributed by atoms with Crippen molar-refractivity contribution in [3.8, 4) is 0 Å². The zero-order valence-electron chi connectivity index (χ0n) is 16.8. The van der Waals surface area contributed by atoms with Crippen molar-refractivity contribution in [2.75, 3.05) is 18.5 Å². The van der Waals surface area contributed by atoms with Gasteiger partial charge in [-0.3, -0.25) is 4.79 Å². The average Bonchev–Trinajstić information content (AvgIpc) is 3.24. The smallest absolute Gasteiger partial charge is 0.322 e. The Kier molecular flexibility index (Phi) is 6.06. The standard InChI is InChI=1S/C23H24ClN3O3/c1-15-6-4-7-16-12-17(22(28)26-21(15)16)13-27(14-18-8-5-11-30-18)23(29)25-20-10-3-2-9-19(20)24/h2-4,6-7,9-10,12,18H,5,8,11,13-14H2,1H3,(H,25,29)(H,26,28)/t18-/m1/s1. The highest BCUT2D eigenvalue weighted by Crippen LogP contribution is 2.22. The number of urea groups is 1. The van der Waals surface area contributed by atoms with Crippen molar-refractivity contribution in [3.05, 3.63) is 75.0 Å². The number of ether oxygens (including phenoxy) is 1. The molecule has 2 aromatic carbocycles. The number of hydrogen-bond acceptors (Lipinski definition) is 3. The number of nitrogens with zero attached hydrogens (tertiary/aromatic N) is 1. The Balaban J connectivity index is 1.62. The number of carbonyl (C=O) groups is 1. The quantitative estimate of drug-likeness (QED) is 0.622.